The number of hydrogen-bond donors (Lipinski definition) is 1. The monoisotopic (exact) mass is 437 g/mol. The van der Waals surface area contributed by atoms with Crippen molar-refractivity contribution in [2.75, 3.05) is 19.7 Å². The fraction of sp³-hybridized carbons (Fsp3) is 0.360. The van der Waals surface area contributed by atoms with Gasteiger partial charge in [0.1, 0.15) is 23.3 Å². The molecule has 3 aromatic rings. The molecule has 0 unspecified atom stereocenters. The molecule has 1 N–H and O–H groups in total. The van der Waals surface area contributed by atoms with Crippen LogP contribution in [0.5, 0.6) is 17.2 Å². The molecule has 168 valence electrons. The molecule has 1 aliphatic heterocycles. The first-order valence-corrected chi connectivity index (χ1v) is 10.9. The molecule has 0 saturated carbocycles. The van der Waals surface area contributed by atoms with Gasteiger partial charge in [0.05, 0.1) is 23.1 Å². The highest BCUT2D eigenvalue weighted by Crippen LogP contribution is 2.30. The lowest BCUT2D eigenvalue weighted by Crippen LogP contribution is -2.32. The first-order valence-electron chi connectivity index (χ1n) is 10.9. The highest BCUT2D eigenvalue weighted by Gasteiger charge is 2.21. The van der Waals surface area contributed by atoms with Crippen LogP contribution in [0.3, 0.4) is 0 Å². The summed E-state index contributed by atoms with van der Waals surface area (Å²) in [5.41, 5.74) is 1.06. The number of phenols is 1. The molecule has 1 aromatic heterocycles. The first kappa shape index (κ1) is 21.9. The Morgan fingerprint density at radius 1 is 1.16 bits per heavy atom. The van der Waals surface area contributed by atoms with Crippen LogP contribution >= 0.6 is 0 Å². The van der Waals surface area contributed by atoms with E-state index in [0.717, 1.165) is 25.9 Å². The Morgan fingerprint density at radius 3 is 2.56 bits per heavy atom. The summed E-state index contributed by atoms with van der Waals surface area (Å²) in [6.45, 7) is 6.71. The van der Waals surface area contributed by atoms with Gasteiger partial charge in [0.2, 0.25) is 11.2 Å². The number of hydrogen-bond acceptors (Lipinski definition) is 7. The van der Waals surface area contributed by atoms with Gasteiger partial charge in [-0.05, 0) is 75.2 Å². The number of fused-ring (bicyclic) bond motifs is 1. The van der Waals surface area contributed by atoms with Crippen molar-refractivity contribution in [1.82, 2.24) is 4.90 Å². The van der Waals surface area contributed by atoms with Crippen LogP contribution in [0.15, 0.2) is 51.9 Å². The molecule has 4 rings (SSSR count). The number of carbonyl (C=O) groups excluding carboxylic acids is 1. The Kier molecular flexibility index (Phi) is 6.46. The van der Waals surface area contributed by atoms with Crippen LogP contribution in [0.25, 0.3) is 11.0 Å². The van der Waals surface area contributed by atoms with E-state index in [-0.39, 0.29) is 16.9 Å². The standard InChI is InChI=1S/C25H27NO6/c1-3-30-25(29)17-4-6-18(7-5-17)32-22-15-31-24-19(23(22)28)8-9-21(27)20(24)14-26-12-10-16(2)11-13-26/h4-9,15-16,27H,3,10-14H2,1-2H3. The molecular weight excluding hydrogens is 410 g/mol. The molecule has 0 radical (unpaired) electrons. The van der Waals surface area contributed by atoms with Crippen LogP contribution in [0, 0.1) is 5.92 Å². The molecule has 1 saturated heterocycles. The molecule has 2 heterocycles. The van der Waals surface area contributed by atoms with E-state index < -0.39 is 5.97 Å². The fourth-order valence-corrected chi connectivity index (χ4v) is 3.90. The van der Waals surface area contributed by atoms with Crippen LogP contribution in [-0.2, 0) is 11.3 Å². The number of esters is 1. The molecule has 0 atom stereocenters. The van der Waals surface area contributed by atoms with Gasteiger partial charge in [0.15, 0.2) is 0 Å². The first-order chi connectivity index (χ1) is 15.5. The van der Waals surface area contributed by atoms with Crippen LogP contribution in [0.4, 0.5) is 0 Å². The molecule has 32 heavy (non-hydrogen) atoms. The van der Waals surface area contributed by atoms with E-state index in [1.807, 2.05) is 0 Å². The van der Waals surface area contributed by atoms with Crippen molar-refractivity contribution in [1.29, 1.82) is 0 Å². The summed E-state index contributed by atoms with van der Waals surface area (Å²) in [4.78, 5) is 27.1. The predicted molar refractivity (Wildman–Crippen MR) is 120 cm³/mol. The molecule has 0 amide bonds. The van der Waals surface area contributed by atoms with E-state index in [1.54, 1.807) is 37.3 Å². The van der Waals surface area contributed by atoms with Crippen molar-refractivity contribution in [3.05, 3.63) is 64.0 Å². The maximum Gasteiger partial charge on any atom is 0.338 e. The Balaban J connectivity index is 1.58. The van der Waals surface area contributed by atoms with Crippen LogP contribution in [0.2, 0.25) is 0 Å². The van der Waals surface area contributed by atoms with Gasteiger partial charge in [-0.2, -0.15) is 0 Å². The maximum absolute atomic E-state index is 13.0. The summed E-state index contributed by atoms with van der Waals surface area (Å²) in [5.74, 6) is 0.828. The predicted octanol–water partition coefficient (Wildman–Crippen LogP) is 4.70. The average molecular weight is 437 g/mol. The summed E-state index contributed by atoms with van der Waals surface area (Å²) >= 11 is 0. The molecule has 7 nitrogen and oxygen atoms in total. The van der Waals surface area contributed by atoms with Gasteiger partial charge >= 0.3 is 5.97 Å². The average Bonchev–Trinajstić information content (AvgIpc) is 2.79. The van der Waals surface area contributed by atoms with Gasteiger partial charge < -0.3 is 19.0 Å². The minimum atomic E-state index is -0.417. The minimum Gasteiger partial charge on any atom is -0.507 e. The number of phenolic OH excluding ortho intramolecular Hbond substituents is 1. The van der Waals surface area contributed by atoms with Gasteiger partial charge in [0, 0.05) is 6.54 Å². The third-order valence-electron chi connectivity index (χ3n) is 5.84. The van der Waals surface area contributed by atoms with E-state index >= 15 is 0 Å². The zero-order chi connectivity index (χ0) is 22.7. The van der Waals surface area contributed by atoms with Crippen molar-refractivity contribution >= 4 is 16.9 Å². The third kappa shape index (κ3) is 4.62. The summed E-state index contributed by atoms with van der Waals surface area (Å²) in [7, 11) is 0. The van der Waals surface area contributed by atoms with Gasteiger partial charge in [-0.15, -0.1) is 0 Å². The lowest BCUT2D eigenvalue weighted by atomic mass is 9.98. The van der Waals surface area contributed by atoms with E-state index in [1.165, 1.54) is 12.3 Å². The number of aromatic hydroxyl groups is 1. The Labute approximate surface area is 186 Å². The van der Waals surface area contributed by atoms with E-state index in [9.17, 15) is 14.7 Å². The Morgan fingerprint density at radius 2 is 1.88 bits per heavy atom. The second-order valence-corrected chi connectivity index (χ2v) is 8.17. The molecular formula is C25H27NO6. The summed E-state index contributed by atoms with van der Waals surface area (Å²) in [5, 5.41) is 10.8. The van der Waals surface area contributed by atoms with Gasteiger partial charge in [0.25, 0.3) is 0 Å². The van der Waals surface area contributed by atoms with Gasteiger partial charge in [-0.3, -0.25) is 9.69 Å². The topological polar surface area (TPSA) is 89.2 Å². The number of likely N-dealkylation sites (tertiary alicyclic amines) is 1. The number of carbonyl (C=O) groups is 1. The maximum atomic E-state index is 13.0. The zero-order valence-corrected chi connectivity index (χ0v) is 18.3. The normalized spacial score (nSPS) is 15.1. The van der Waals surface area contributed by atoms with E-state index in [4.69, 9.17) is 13.9 Å². The number of ether oxygens (including phenoxy) is 2. The molecule has 0 aliphatic carbocycles. The Hall–Kier alpha value is -3.32. The largest absolute Gasteiger partial charge is 0.507 e. The van der Waals surface area contributed by atoms with Crippen molar-refractivity contribution in [2.45, 2.75) is 33.2 Å². The highest BCUT2D eigenvalue weighted by molar-refractivity contribution is 5.89. The number of benzene rings is 2. The number of rotatable bonds is 6. The molecule has 1 aliphatic rings. The van der Waals surface area contributed by atoms with Crippen LogP contribution in [0.1, 0.15) is 42.6 Å². The fourth-order valence-electron chi connectivity index (χ4n) is 3.90. The van der Waals surface area contributed by atoms with Crippen molar-refractivity contribution < 1.29 is 23.8 Å². The second-order valence-electron chi connectivity index (χ2n) is 8.17. The molecule has 1 fully saturated rings. The zero-order valence-electron chi connectivity index (χ0n) is 18.3. The molecule has 2 aromatic carbocycles. The minimum absolute atomic E-state index is 0.0322. The Bertz CT molecular complexity index is 1160. The highest BCUT2D eigenvalue weighted by atomic mass is 16.5. The molecule has 0 spiro atoms. The van der Waals surface area contributed by atoms with Crippen molar-refractivity contribution in [3.63, 3.8) is 0 Å². The number of nitrogens with zero attached hydrogens (tertiary/aromatic N) is 1. The summed E-state index contributed by atoms with van der Waals surface area (Å²) in [6, 6.07) is 9.41. The lowest BCUT2D eigenvalue weighted by molar-refractivity contribution is 0.0526. The second kappa shape index (κ2) is 9.44. The van der Waals surface area contributed by atoms with Crippen LogP contribution in [-0.4, -0.2) is 35.7 Å². The smallest absolute Gasteiger partial charge is 0.338 e. The summed E-state index contributed by atoms with van der Waals surface area (Å²) in [6.07, 6.45) is 3.50. The van der Waals surface area contributed by atoms with E-state index in [0.29, 0.717) is 46.9 Å². The quantitative estimate of drug-likeness (QED) is 0.559. The number of piperidine rings is 1. The third-order valence-corrected chi connectivity index (χ3v) is 5.84. The van der Waals surface area contributed by atoms with Gasteiger partial charge in [-0.1, -0.05) is 6.92 Å². The van der Waals surface area contributed by atoms with Crippen molar-refractivity contribution in [3.8, 4) is 17.2 Å². The summed E-state index contributed by atoms with van der Waals surface area (Å²) < 4.78 is 16.5. The van der Waals surface area contributed by atoms with E-state index in [2.05, 4.69) is 11.8 Å². The van der Waals surface area contributed by atoms with Gasteiger partial charge in [-0.25, -0.2) is 4.79 Å². The molecule has 7 heteroatoms. The van der Waals surface area contributed by atoms with Crippen molar-refractivity contribution in [2.24, 2.45) is 5.92 Å². The SMILES string of the molecule is CCOC(=O)c1ccc(Oc2coc3c(CN4CCC(C)CC4)c(O)ccc3c2=O)cc1. The molecule has 0 bridgehead atoms. The van der Waals surface area contributed by atoms with Crippen LogP contribution < -0.4 is 10.2 Å². The lowest BCUT2D eigenvalue weighted by Gasteiger charge is -2.30.